The number of carbonyl (C=O) groups is 1. The van der Waals surface area contributed by atoms with Crippen molar-refractivity contribution >= 4 is 24.4 Å². The lowest BCUT2D eigenvalue weighted by molar-refractivity contribution is -0.102. The number of hydrogen-bond acceptors (Lipinski definition) is 4. The number of carbonyl (C=O) groups excluding carboxylic acids is 1. The van der Waals surface area contributed by atoms with Crippen molar-refractivity contribution in [3.63, 3.8) is 0 Å². The van der Waals surface area contributed by atoms with Crippen LogP contribution in [0.4, 0.5) is 0 Å². The van der Waals surface area contributed by atoms with Crippen molar-refractivity contribution in [2.45, 2.75) is 0 Å². The Balaban J connectivity index is 3.12. The highest BCUT2D eigenvalue weighted by atomic mass is 16.1. The van der Waals surface area contributed by atoms with E-state index in [1.54, 1.807) is 12.2 Å². The van der Waals surface area contributed by atoms with Gasteiger partial charge >= 0.3 is 0 Å². The molecule has 0 saturated carbocycles. The predicted octanol–water partition coefficient (Wildman–Crippen LogP) is 1.32. The van der Waals surface area contributed by atoms with Crippen molar-refractivity contribution in [1.82, 2.24) is 0 Å². The van der Waals surface area contributed by atoms with E-state index in [2.05, 4.69) is 28.3 Å². The van der Waals surface area contributed by atoms with Crippen molar-refractivity contribution < 1.29 is 4.79 Å². The number of allylic oxidation sites excluding steroid dienone is 2. The highest BCUT2D eigenvalue weighted by molar-refractivity contribution is 6.37. The maximum Gasteiger partial charge on any atom is 0.168 e. The third-order valence-corrected chi connectivity index (χ3v) is 1.49. The van der Waals surface area contributed by atoms with E-state index in [-0.39, 0.29) is 0 Å². The Kier molecular flexibility index (Phi) is 3.43. The van der Waals surface area contributed by atoms with Gasteiger partial charge in [-0.25, -0.2) is 4.99 Å². The number of hydrogen-bond donors (Lipinski definition) is 0. The molecule has 0 aliphatic carbocycles. The topological polar surface area (TPSA) is 54.1 Å². The van der Waals surface area contributed by atoms with E-state index in [1.165, 1.54) is 12.4 Å². The summed E-state index contributed by atoms with van der Waals surface area (Å²) in [6.07, 6.45) is 6.76. The monoisotopic (exact) mass is 187 g/mol. The van der Waals surface area contributed by atoms with E-state index < -0.39 is 0 Å². The fourth-order valence-corrected chi connectivity index (χ4v) is 0.938. The van der Waals surface area contributed by atoms with Gasteiger partial charge in [0.1, 0.15) is 11.4 Å². The van der Waals surface area contributed by atoms with Gasteiger partial charge in [0.2, 0.25) is 0 Å². The average Bonchev–Trinajstić information content (AvgIpc) is 2.21. The van der Waals surface area contributed by atoms with Gasteiger partial charge in [-0.3, -0.25) is 14.8 Å². The molecule has 0 spiro atoms. The summed E-state index contributed by atoms with van der Waals surface area (Å²) in [6, 6.07) is 0. The normalized spacial score (nSPS) is 20.7. The number of aldehydes is 1. The lowest BCUT2D eigenvalue weighted by Gasteiger charge is -2.05. The zero-order valence-corrected chi connectivity index (χ0v) is 7.55. The van der Waals surface area contributed by atoms with Crippen LogP contribution in [0.1, 0.15) is 0 Å². The van der Waals surface area contributed by atoms with Crippen LogP contribution in [-0.4, -0.2) is 24.4 Å². The molecule has 0 aromatic rings. The lowest BCUT2D eigenvalue weighted by Crippen LogP contribution is -2.08. The molecule has 0 N–H and O–H groups in total. The molecule has 0 saturated heterocycles. The third kappa shape index (κ3) is 2.20. The van der Waals surface area contributed by atoms with Crippen molar-refractivity contribution in [1.29, 1.82) is 0 Å². The van der Waals surface area contributed by atoms with Gasteiger partial charge < -0.3 is 0 Å². The van der Waals surface area contributed by atoms with E-state index in [4.69, 9.17) is 0 Å². The molecule has 1 aliphatic rings. The van der Waals surface area contributed by atoms with Gasteiger partial charge in [-0.05, 0) is 18.9 Å². The first-order valence-corrected chi connectivity index (χ1v) is 3.89. The molecule has 4 heteroatoms. The SMILES string of the molecule is C=CN=C1C=CC(C=O)=N/C1=C/N=C. The summed E-state index contributed by atoms with van der Waals surface area (Å²) in [7, 11) is 0. The van der Waals surface area contributed by atoms with Gasteiger partial charge in [-0.1, -0.05) is 6.58 Å². The van der Waals surface area contributed by atoms with Crippen LogP contribution < -0.4 is 0 Å². The first-order chi connectivity index (χ1) is 6.81. The molecule has 0 atom stereocenters. The second-order valence-corrected chi connectivity index (χ2v) is 2.38. The molecule has 0 radical (unpaired) electrons. The molecule has 14 heavy (non-hydrogen) atoms. The first-order valence-electron chi connectivity index (χ1n) is 3.89. The third-order valence-electron chi connectivity index (χ3n) is 1.49. The Morgan fingerprint density at radius 1 is 1.43 bits per heavy atom. The summed E-state index contributed by atoms with van der Waals surface area (Å²) in [5.41, 5.74) is 1.45. The molecule has 0 aromatic carbocycles. The van der Waals surface area contributed by atoms with Crippen LogP contribution >= 0.6 is 0 Å². The Labute approximate surface area is 81.8 Å². The van der Waals surface area contributed by atoms with E-state index in [1.807, 2.05) is 0 Å². The summed E-state index contributed by atoms with van der Waals surface area (Å²) in [5.74, 6) is 0. The summed E-state index contributed by atoms with van der Waals surface area (Å²) in [6.45, 7) is 6.79. The molecule has 1 aliphatic heterocycles. The zero-order chi connectivity index (χ0) is 10.4. The largest absolute Gasteiger partial charge is 0.296 e. The van der Waals surface area contributed by atoms with Gasteiger partial charge in [0.15, 0.2) is 6.29 Å². The molecule has 0 aromatic heterocycles. The second-order valence-electron chi connectivity index (χ2n) is 2.38. The molecule has 4 nitrogen and oxygen atoms in total. The number of rotatable bonds is 3. The fraction of sp³-hybridized carbons (Fsp3) is 0. The average molecular weight is 187 g/mol. The smallest absolute Gasteiger partial charge is 0.168 e. The van der Waals surface area contributed by atoms with Gasteiger partial charge in [0.05, 0.1) is 11.9 Å². The lowest BCUT2D eigenvalue weighted by atomic mass is 10.2. The van der Waals surface area contributed by atoms with E-state index in [0.717, 1.165) is 0 Å². The maximum absolute atomic E-state index is 10.5. The quantitative estimate of drug-likeness (QED) is 0.485. The molecule has 70 valence electrons. The van der Waals surface area contributed by atoms with Crippen LogP contribution in [0, 0.1) is 0 Å². The summed E-state index contributed by atoms with van der Waals surface area (Å²) < 4.78 is 0. The summed E-state index contributed by atoms with van der Waals surface area (Å²) in [4.78, 5) is 22.0. The van der Waals surface area contributed by atoms with Gasteiger partial charge in [-0.15, -0.1) is 0 Å². The number of dihydropyridines is 1. The van der Waals surface area contributed by atoms with E-state index in [9.17, 15) is 4.79 Å². The van der Waals surface area contributed by atoms with Crippen molar-refractivity contribution in [2.75, 3.05) is 0 Å². The molecular formula is C10H9N3O. The minimum absolute atomic E-state index is 0.336. The van der Waals surface area contributed by atoms with E-state index >= 15 is 0 Å². The maximum atomic E-state index is 10.5. The Morgan fingerprint density at radius 2 is 2.21 bits per heavy atom. The molecule has 0 bridgehead atoms. The first kappa shape index (κ1) is 9.98. The second kappa shape index (κ2) is 4.81. The Hall–Kier alpha value is -2.10. The van der Waals surface area contributed by atoms with Gasteiger partial charge in [0.25, 0.3) is 0 Å². The van der Waals surface area contributed by atoms with Crippen LogP contribution in [0.2, 0.25) is 0 Å². The minimum Gasteiger partial charge on any atom is -0.296 e. The zero-order valence-electron chi connectivity index (χ0n) is 7.55. The highest BCUT2D eigenvalue weighted by Crippen LogP contribution is 2.09. The Morgan fingerprint density at radius 3 is 2.79 bits per heavy atom. The van der Waals surface area contributed by atoms with Crippen LogP contribution in [0.15, 0.2) is 51.8 Å². The highest BCUT2D eigenvalue weighted by Gasteiger charge is 2.08. The minimum atomic E-state index is 0.336. The summed E-state index contributed by atoms with van der Waals surface area (Å²) >= 11 is 0. The van der Waals surface area contributed by atoms with Crippen LogP contribution in [0.25, 0.3) is 0 Å². The van der Waals surface area contributed by atoms with Gasteiger partial charge in [0, 0.05) is 6.20 Å². The molecular weight excluding hydrogens is 178 g/mol. The Bertz CT molecular complexity index is 386. The summed E-state index contributed by atoms with van der Waals surface area (Å²) in [5, 5.41) is 0. The van der Waals surface area contributed by atoms with Crippen LogP contribution in [0.3, 0.4) is 0 Å². The predicted molar refractivity (Wildman–Crippen MR) is 57.9 cm³/mol. The number of aliphatic imine (C=N–C) groups is 3. The van der Waals surface area contributed by atoms with Gasteiger partial charge in [-0.2, -0.15) is 0 Å². The van der Waals surface area contributed by atoms with Crippen molar-refractivity contribution in [2.24, 2.45) is 15.0 Å². The van der Waals surface area contributed by atoms with Crippen molar-refractivity contribution in [3.8, 4) is 0 Å². The standard InChI is InChI=1S/C10H9N3O/c1-3-12-9-5-4-8(7-14)13-10(9)6-11-2/h3-7H,1-2H2/b10-6+,12-9?. The molecule has 0 fully saturated rings. The number of nitrogens with zero attached hydrogens (tertiary/aromatic N) is 3. The molecule has 1 heterocycles. The molecule has 0 amide bonds. The van der Waals surface area contributed by atoms with Crippen LogP contribution in [-0.2, 0) is 4.79 Å². The van der Waals surface area contributed by atoms with E-state index in [0.29, 0.717) is 23.4 Å². The van der Waals surface area contributed by atoms with Crippen LogP contribution in [0.5, 0.6) is 0 Å². The van der Waals surface area contributed by atoms with Crippen molar-refractivity contribution in [3.05, 3.63) is 36.8 Å². The molecule has 1 rings (SSSR count). The molecule has 0 unspecified atom stereocenters. The fourth-order valence-electron chi connectivity index (χ4n) is 0.938.